The van der Waals surface area contributed by atoms with Gasteiger partial charge >= 0.3 is 0 Å². The third-order valence-electron chi connectivity index (χ3n) is 7.08. The second-order valence-corrected chi connectivity index (χ2v) is 9.19. The Labute approximate surface area is 173 Å². The van der Waals surface area contributed by atoms with E-state index in [0.717, 1.165) is 47.7 Å². The van der Waals surface area contributed by atoms with Crippen LogP contribution in [0.25, 0.3) is 0 Å². The van der Waals surface area contributed by atoms with Crippen LogP contribution < -0.4 is 5.73 Å². The molecule has 0 bridgehead atoms. The zero-order valence-corrected chi connectivity index (χ0v) is 17.4. The van der Waals surface area contributed by atoms with E-state index in [2.05, 4.69) is 40.2 Å². The summed E-state index contributed by atoms with van der Waals surface area (Å²) >= 11 is 3.66. The lowest BCUT2D eigenvalue weighted by atomic mass is 9.59. The summed E-state index contributed by atoms with van der Waals surface area (Å²) in [6.45, 7) is 0. The van der Waals surface area contributed by atoms with Crippen LogP contribution in [-0.4, -0.2) is 19.0 Å². The maximum atomic E-state index is 9.53. The van der Waals surface area contributed by atoms with E-state index in [1.807, 2.05) is 18.2 Å². The quantitative estimate of drug-likeness (QED) is 0.720. The number of fused-ring (bicyclic) bond motifs is 5. The fourth-order valence-corrected chi connectivity index (χ4v) is 6.14. The van der Waals surface area contributed by atoms with Crippen molar-refractivity contribution in [3.8, 4) is 6.07 Å². The van der Waals surface area contributed by atoms with Crippen LogP contribution >= 0.6 is 15.9 Å². The first-order valence-corrected chi connectivity index (χ1v) is 10.5. The molecule has 1 fully saturated rings. The van der Waals surface area contributed by atoms with Gasteiger partial charge in [-0.25, -0.2) is 0 Å². The van der Waals surface area contributed by atoms with Gasteiger partial charge in [-0.3, -0.25) is 4.99 Å². The molecule has 0 saturated heterocycles. The Morgan fingerprint density at radius 2 is 1.96 bits per heavy atom. The number of nitrogens with zero attached hydrogens (tertiary/aromatic N) is 2. The molecule has 28 heavy (non-hydrogen) atoms. The highest BCUT2D eigenvalue weighted by molar-refractivity contribution is 9.10. The van der Waals surface area contributed by atoms with E-state index < -0.39 is 5.54 Å². The standard InChI is InChI=1S/C23H22BrN3O/c1-28-17-6-8-22(9-7-17)12-15-3-4-16(24)11-19(15)23(22)20-10-14(13-25)2-5-18(20)21(26)27-23/h2-5,10-11,17H,6-9,12H2,1H3,(H2,26,27). The predicted molar refractivity (Wildman–Crippen MR) is 112 cm³/mol. The van der Waals surface area contributed by atoms with Crippen LogP contribution in [0, 0.1) is 16.7 Å². The summed E-state index contributed by atoms with van der Waals surface area (Å²) in [5.74, 6) is 0.584. The highest BCUT2D eigenvalue weighted by atomic mass is 79.9. The number of methoxy groups -OCH3 is 1. The molecule has 2 aliphatic carbocycles. The molecule has 5 rings (SSSR count). The van der Waals surface area contributed by atoms with E-state index in [1.54, 1.807) is 7.11 Å². The van der Waals surface area contributed by atoms with Gasteiger partial charge in [0.1, 0.15) is 11.4 Å². The van der Waals surface area contributed by atoms with Crippen molar-refractivity contribution in [2.45, 2.75) is 43.7 Å². The molecule has 2 spiro atoms. The molecule has 0 radical (unpaired) electrons. The number of hydrogen-bond donors (Lipinski definition) is 1. The zero-order valence-electron chi connectivity index (χ0n) is 15.8. The van der Waals surface area contributed by atoms with Crippen LogP contribution in [0.5, 0.6) is 0 Å². The predicted octanol–water partition coefficient (Wildman–Crippen LogP) is 4.41. The van der Waals surface area contributed by atoms with Crippen molar-refractivity contribution < 1.29 is 4.74 Å². The zero-order chi connectivity index (χ0) is 19.5. The van der Waals surface area contributed by atoms with Gasteiger partial charge in [-0.15, -0.1) is 0 Å². The molecule has 0 amide bonds. The van der Waals surface area contributed by atoms with Crippen molar-refractivity contribution in [3.63, 3.8) is 0 Å². The Hall–Kier alpha value is -2.16. The lowest BCUT2D eigenvalue weighted by Gasteiger charge is -2.47. The topological polar surface area (TPSA) is 71.4 Å². The number of aliphatic imine (C=N–C) groups is 1. The van der Waals surface area contributed by atoms with Crippen LogP contribution in [0.3, 0.4) is 0 Å². The summed E-state index contributed by atoms with van der Waals surface area (Å²) in [6.07, 6.45) is 5.41. The highest BCUT2D eigenvalue weighted by Gasteiger charge is 2.62. The molecule has 1 aliphatic heterocycles. The Kier molecular flexibility index (Phi) is 3.94. The Morgan fingerprint density at radius 3 is 2.68 bits per heavy atom. The van der Waals surface area contributed by atoms with Crippen LogP contribution in [-0.2, 0) is 16.7 Å². The van der Waals surface area contributed by atoms with E-state index in [4.69, 9.17) is 15.5 Å². The maximum absolute atomic E-state index is 9.53. The Bertz CT molecular complexity index is 1050. The normalized spacial score (nSPS) is 30.2. The number of nitrogens with two attached hydrogens (primary N) is 1. The number of benzene rings is 2. The minimum atomic E-state index is -0.517. The first-order valence-electron chi connectivity index (χ1n) is 9.75. The van der Waals surface area contributed by atoms with E-state index in [0.29, 0.717) is 17.5 Å². The van der Waals surface area contributed by atoms with E-state index in [-0.39, 0.29) is 5.41 Å². The molecule has 2 N–H and O–H groups in total. The lowest BCUT2D eigenvalue weighted by Crippen LogP contribution is -2.45. The first kappa shape index (κ1) is 17.9. The molecule has 2 aromatic carbocycles. The second kappa shape index (κ2) is 6.17. The Balaban J connectivity index is 1.79. The van der Waals surface area contributed by atoms with Gasteiger partial charge in [0.2, 0.25) is 0 Å². The summed E-state index contributed by atoms with van der Waals surface area (Å²) in [4.78, 5) is 5.20. The van der Waals surface area contributed by atoms with Gasteiger partial charge in [0.15, 0.2) is 0 Å². The largest absolute Gasteiger partial charge is 0.383 e. The summed E-state index contributed by atoms with van der Waals surface area (Å²) < 4.78 is 6.71. The summed E-state index contributed by atoms with van der Waals surface area (Å²) in [5.41, 5.74) is 11.2. The average molecular weight is 436 g/mol. The number of hydrogen-bond acceptors (Lipinski definition) is 4. The highest BCUT2D eigenvalue weighted by Crippen LogP contribution is 2.64. The molecular formula is C23H22BrN3O. The van der Waals surface area contributed by atoms with Crippen molar-refractivity contribution in [3.05, 3.63) is 68.7 Å². The number of rotatable bonds is 1. The Morgan fingerprint density at radius 1 is 1.18 bits per heavy atom. The van der Waals surface area contributed by atoms with E-state index in [1.165, 1.54) is 11.1 Å². The molecule has 0 aromatic heterocycles. The van der Waals surface area contributed by atoms with Gasteiger partial charge < -0.3 is 10.5 Å². The minimum absolute atomic E-state index is 0.0326. The minimum Gasteiger partial charge on any atom is -0.383 e. The molecule has 1 atom stereocenters. The summed E-state index contributed by atoms with van der Waals surface area (Å²) in [6, 6.07) is 14.7. The molecule has 2 aromatic rings. The fraction of sp³-hybridized carbons (Fsp3) is 0.391. The molecular weight excluding hydrogens is 414 g/mol. The van der Waals surface area contributed by atoms with Crippen LogP contribution in [0.4, 0.5) is 0 Å². The van der Waals surface area contributed by atoms with Gasteiger partial charge in [-0.2, -0.15) is 5.26 Å². The van der Waals surface area contributed by atoms with Gasteiger partial charge in [-0.1, -0.05) is 22.0 Å². The van der Waals surface area contributed by atoms with Crippen LogP contribution in [0.2, 0.25) is 0 Å². The molecule has 1 heterocycles. The third kappa shape index (κ3) is 2.22. The number of halogens is 1. The molecule has 1 saturated carbocycles. The lowest BCUT2D eigenvalue weighted by molar-refractivity contribution is 0.00684. The third-order valence-corrected chi connectivity index (χ3v) is 7.58. The van der Waals surface area contributed by atoms with Gasteiger partial charge in [0, 0.05) is 22.6 Å². The molecule has 4 nitrogen and oxygen atoms in total. The smallest absolute Gasteiger partial charge is 0.127 e. The van der Waals surface area contributed by atoms with Crippen molar-refractivity contribution in [1.29, 1.82) is 5.26 Å². The average Bonchev–Trinajstić information content (AvgIpc) is 3.16. The fourth-order valence-electron chi connectivity index (χ4n) is 5.78. The van der Waals surface area contributed by atoms with Gasteiger partial charge in [0.25, 0.3) is 0 Å². The molecule has 142 valence electrons. The van der Waals surface area contributed by atoms with Gasteiger partial charge in [0.05, 0.1) is 17.7 Å². The van der Waals surface area contributed by atoms with Crippen molar-refractivity contribution in [2.24, 2.45) is 16.1 Å². The molecule has 3 aliphatic rings. The number of amidine groups is 1. The number of nitriles is 1. The summed E-state index contributed by atoms with van der Waals surface area (Å²) in [7, 11) is 1.80. The van der Waals surface area contributed by atoms with Crippen LogP contribution in [0.15, 0.2) is 45.9 Å². The second-order valence-electron chi connectivity index (χ2n) is 8.27. The molecule has 5 heteroatoms. The maximum Gasteiger partial charge on any atom is 0.127 e. The first-order chi connectivity index (χ1) is 13.5. The van der Waals surface area contributed by atoms with Crippen molar-refractivity contribution in [2.75, 3.05) is 7.11 Å². The summed E-state index contributed by atoms with van der Waals surface area (Å²) in [5, 5.41) is 9.53. The van der Waals surface area contributed by atoms with Crippen molar-refractivity contribution >= 4 is 21.8 Å². The molecule has 1 unspecified atom stereocenters. The van der Waals surface area contributed by atoms with Crippen LogP contribution in [0.1, 0.15) is 53.5 Å². The van der Waals surface area contributed by atoms with Crippen molar-refractivity contribution in [1.82, 2.24) is 0 Å². The van der Waals surface area contributed by atoms with E-state index in [9.17, 15) is 5.26 Å². The monoisotopic (exact) mass is 435 g/mol. The SMILES string of the molecule is COC1CCC2(CC1)Cc1ccc(Br)cc1C21N=C(N)c2ccc(C#N)cc21. The van der Waals surface area contributed by atoms with E-state index >= 15 is 0 Å². The number of ether oxygens (including phenoxy) is 1. The van der Waals surface area contributed by atoms with Gasteiger partial charge in [-0.05, 0) is 79.1 Å².